The number of nitrogens with one attached hydrogen (secondary N) is 1. The first-order chi connectivity index (χ1) is 16.1. The summed E-state index contributed by atoms with van der Waals surface area (Å²) in [6.45, 7) is -1.25. The molecular formula is C22H25F3N2O7. The second-order valence-corrected chi connectivity index (χ2v) is 8.02. The van der Waals surface area contributed by atoms with Gasteiger partial charge >= 0.3 is 12.1 Å². The SMILES string of the molecule is COCCOc1ccc(C(F)(F)F)cc1NC(=O)COC(=O)CN1C(=O)C2CCCCC2C1=O. The molecule has 1 aromatic rings. The van der Waals surface area contributed by atoms with Crippen molar-refractivity contribution in [1.29, 1.82) is 0 Å². The Morgan fingerprint density at radius 1 is 1.09 bits per heavy atom. The van der Waals surface area contributed by atoms with E-state index >= 15 is 0 Å². The van der Waals surface area contributed by atoms with Crippen LogP contribution in [0, 0.1) is 11.8 Å². The number of fused-ring (bicyclic) bond motifs is 1. The van der Waals surface area contributed by atoms with Gasteiger partial charge in [0.1, 0.15) is 18.9 Å². The van der Waals surface area contributed by atoms with Crippen molar-refractivity contribution in [1.82, 2.24) is 4.90 Å². The number of rotatable bonds is 9. The number of amides is 3. The summed E-state index contributed by atoms with van der Waals surface area (Å²) >= 11 is 0. The standard InChI is InChI=1S/C22H25F3N2O7/c1-32-8-9-33-17-7-6-13(22(23,24)25)10-16(17)26-18(28)12-34-19(29)11-27-20(30)14-4-2-3-5-15(14)21(27)31/h6-7,10,14-15H,2-5,8-9,11-12H2,1H3,(H,26,28). The van der Waals surface area contributed by atoms with Gasteiger partial charge in [-0.25, -0.2) is 0 Å². The quantitative estimate of drug-likeness (QED) is 0.324. The van der Waals surface area contributed by atoms with Gasteiger partial charge in [-0.3, -0.25) is 24.1 Å². The summed E-state index contributed by atoms with van der Waals surface area (Å²) < 4.78 is 54.2. The van der Waals surface area contributed by atoms with Crippen LogP contribution in [0.25, 0.3) is 0 Å². The van der Waals surface area contributed by atoms with Crippen molar-refractivity contribution in [3.05, 3.63) is 23.8 Å². The highest BCUT2D eigenvalue weighted by Crippen LogP contribution is 2.38. The maximum atomic E-state index is 13.1. The van der Waals surface area contributed by atoms with Gasteiger partial charge in [-0.05, 0) is 31.0 Å². The second-order valence-electron chi connectivity index (χ2n) is 8.02. The molecule has 1 aliphatic heterocycles. The Hall–Kier alpha value is -3.15. The summed E-state index contributed by atoms with van der Waals surface area (Å²) in [5.41, 5.74) is -1.27. The van der Waals surface area contributed by atoms with Crippen molar-refractivity contribution in [3.8, 4) is 5.75 Å². The number of imide groups is 1. The molecule has 0 spiro atoms. The average molecular weight is 486 g/mol. The molecule has 34 heavy (non-hydrogen) atoms. The molecule has 2 atom stereocenters. The summed E-state index contributed by atoms with van der Waals surface area (Å²) in [6, 6.07) is 2.56. The zero-order chi connectivity index (χ0) is 24.9. The Kier molecular flexibility index (Phi) is 8.13. The van der Waals surface area contributed by atoms with Gasteiger partial charge in [0.2, 0.25) is 11.8 Å². The number of hydrogen-bond donors (Lipinski definition) is 1. The van der Waals surface area contributed by atoms with Gasteiger partial charge in [0.15, 0.2) is 6.61 Å². The molecule has 1 aliphatic carbocycles. The fourth-order valence-electron chi connectivity index (χ4n) is 4.06. The predicted molar refractivity (Wildman–Crippen MR) is 111 cm³/mol. The number of halogens is 3. The first-order valence-electron chi connectivity index (χ1n) is 10.8. The van der Waals surface area contributed by atoms with Gasteiger partial charge in [0, 0.05) is 7.11 Å². The molecule has 0 radical (unpaired) electrons. The fraction of sp³-hybridized carbons (Fsp3) is 0.545. The number of likely N-dealkylation sites (tertiary alicyclic amines) is 1. The number of alkyl halides is 3. The molecule has 186 valence electrons. The van der Waals surface area contributed by atoms with Crippen LogP contribution in [0.4, 0.5) is 18.9 Å². The maximum absolute atomic E-state index is 13.1. The minimum atomic E-state index is -4.65. The van der Waals surface area contributed by atoms with Crippen LogP contribution in [-0.2, 0) is 34.8 Å². The summed E-state index contributed by atoms with van der Waals surface area (Å²) in [5.74, 6) is -3.60. The first-order valence-corrected chi connectivity index (χ1v) is 10.8. The van der Waals surface area contributed by atoms with Crippen molar-refractivity contribution in [2.24, 2.45) is 11.8 Å². The third kappa shape index (κ3) is 6.04. The Bertz CT molecular complexity index is 927. The molecule has 3 amide bonds. The molecule has 12 heteroatoms. The lowest BCUT2D eigenvalue weighted by molar-refractivity contribution is -0.154. The third-order valence-electron chi connectivity index (χ3n) is 5.71. The van der Waals surface area contributed by atoms with Gasteiger partial charge in [0.25, 0.3) is 5.91 Å². The normalized spacial score (nSPS) is 20.2. The van der Waals surface area contributed by atoms with Crippen LogP contribution in [0.3, 0.4) is 0 Å². The lowest BCUT2D eigenvalue weighted by Gasteiger charge is -2.19. The zero-order valence-corrected chi connectivity index (χ0v) is 18.5. The second kappa shape index (κ2) is 10.9. The molecule has 2 fully saturated rings. The number of ether oxygens (including phenoxy) is 3. The van der Waals surface area contributed by atoms with E-state index in [1.807, 2.05) is 0 Å². The Morgan fingerprint density at radius 3 is 2.32 bits per heavy atom. The molecule has 1 heterocycles. The Morgan fingerprint density at radius 2 is 1.74 bits per heavy atom. The first kappa shape index (κ1) is 25.5. The predicted octanol–water partition coefficient (Wildman–Crippen LogP) is 2.39. The molecule has 1 saturated carbocycles. The van der Waals surface area contributed by atoms with E-state index in [4.69, 9.17) is 14.2 Å². The summed E-state index contributed by atoms with van der Waals surface area (Å²) in [4.78, 5) is 50.1. The van der Waals surface area contributed by atoms with E-state index in [9.17, 15) is 32.3 Å². The maximum Gasteiger partial charge on any atom is 0.416 e. The van der Waals surface area contributed by atoms with Crippen LogP contribution in [-0.4, -0.2) is 62.1 Å². The highest BCUT2D eigenvalue weighted by molar-refractivity contribution is 6.07. The molecule has 0 bridgehead atoms. The number of hydrogen-bond acceptors (Lipinski definition) is 7. The van der Waals surface area contributed by atoms with Gasteiger partial charge in [0.05, 0.1) is 29.7 Å². The largest absolute Gasteiger partial charge is 0.489 e. The molecule has 1 aromatic carbocycles. The van der Waals surface area contributed by atoms with Crippen LogP contribution in [0.1, 0.15) is 31.2 Å². The van der Waals surface area contributed by atoms with Crippen molar-refractivity contribution >= 4 is 29.4 Å². The molecule has 1 saturated heterocycles. The number of nitrogens with zero attached hydrogens (tertiary/aromatic N) is 1. The van der Waals surface area contributed by atoms with E-state index < -0.39 is 60.4 Å². The van der Waals surface area contributed by atoms with Crippen LogP contribution in [0.15, 0.2) is 18.2 Å². The average Bonchev–Trinajstić information content (AvgIpc) is 3.03. The van der Waals surface area contributed by atoms with E-state index in [1.165, 1.54) is 7.11 Å². The van der Waals surface area contributed by atoms with Gasteiger partial charge < -0.3 is 19.5 Å². The van der Waals surface area contributed by atoms with E-state index in [0.717, 1.165) is 29.9 Å². The van der Waals surface area contributed by atoms with Crippen LogP contribution < -0.4 is 10.1 Å². The molecule has 3 rings (SSSR count). The summed E-state index contributed by atoms with van der Waals surface area (Å²) in [5, 5.41) is 2.23. The molecule has 9 nitrogen and oxygen atoms in total. The highest BCUT2D eigenvalue weighted by atomic mass is 19.4. The lowest BCUT2D eigenvalue weighted by Crippen LogP contribution is -2.37. The number of carbonyl (C=O) groups is 4. The molecular weight excluding hydrogens is 461 g/mol. The molecule has 1 N–H and O–H groups in total. The number of methoxy groups -OCH3 is 1. The lowest BCUT2D eigenvalue weighted by atomic mass is 9.81. The molecule has 2 aliphatic rings. The van der Waals surface area contributed by atoms with E-state index in [-0.39, 0.29) is 24.7 Å². The number of anilines is 1. The van der Waals surface area contributed by atoms with Crippen LogP contribution in [0.5, 0.6) is 5.75 Å². The third-order valence-corrected chi connectivity index (χ3v) is 5.71. The summed E-state index contributed by atoms with van der Waals surface area (Å²) in [7, 11) is 1.42. The smallest absolute Gasteiger partial charge is 0.416 e. The van der Waals surface area contributed by atoms with Crippen LogP contribution in [0.2, 0.25) is 0 Å². The Labute approximate surface area is 193 Å². The van der Waals surface area contributed by atoms with E-state index in [0.29, 0.717) is 18.9 Å². The topological polar surface area (TPSA) is 111 Å². The van der Waals surface area contributed by atoms with Crippen molar-refractivity contribution in [2.75, 3.05) is 38.8 Å². The number of esters is 1. The Balaban J connectivity index is 1.58. The van der Waals surface area contributed by atoms with Gasteiger partial charge in [-0.2, -0.15) is 13.2 Å². The van der Waals surface area contributed by atoms with Crippen molar-refractivity contribution < 1.29 is 46.6 Å². The van der Waals surface area contributed by atoms with Gasteiger partial charge in [-0.1, -0.05) is 12.8 Å². The number of benzene rings is 1. The fourth-order valence-corrected chi connectivity index (χ4v) is 4.06. The molecule has 0 aromatic heterocycles. The van der Waals surface area contributed by atoms with Gasteiger partial charge in [-0.15, -0.1) is 0 Å². The minimum Gasteiger partial charge on any atom is -0.489 e. The van der Waals surface area contributed by atoms with Crippen molar-refractivity contribution in [2.45, 2.75) is 31.9 Å². The molecule has 2 unspecified atom stereocenters. The highest BCUT2D eigenvalue weighted by Gasteiger charge is 2.48. The number of carbonyl (C=O) groups excluding carboxylic acids is 4. The van der Waals surface area contributed by atoms with E-state index in [1.54, 1.807) is 0 Å². The minimum absolute atomic E-state index is 0.0272. The zero-order valence-electron chi connectivity index (χ0n) is 18.5. The van der Waals surface area contributed by atoms with Crippen molar-refractivity contribution in [3.63, 3.8) is 0 Å². The van der Waals surface area contributed by atoms with Crippen LogP contribution >= 0.6 is 0 Å². The van der Waals surface area contributed by atoms with E-state index in [2.05, 4.69) is 5.32 Å². The monoisotopic (exact) mass is 486 g/mol. The summed E-state index contributed by atoms with van der Waals surface area (Å²) in [6.07, 6.45) is -1.79.